The first-order valence-electron chi connectivity index (χ1n) is 8.82. The average molecular weight is 428 g/mol. The molecule has 3 amide bonds. The predicted octanol–water partition coefficient (Wildman–Crippen LogP) is 2.48. The summed E-state index contributed by atoms with van der Waals surface area (Å²) < 4.78 is 0. The van der Waals surface area contributed by atoms with Crippen molar-refractivity contribution < 1.29 is 19.2 Å². The molecule has 0 atom stereocenters. The Morgan fingerprint density at radius 1 is 1.21 bits per heavy atom. The van der Waals surface area contributed by atoms with Gasteiger partial charge in [0.2, 0.25) is 17.7 Å². The van der Waals surface area contributed by atoms with Gasteiger partial charge in [0, 0.05) is 52.1 Å². The largest absolute Gasteiger partial charge is 0.340 e. The van der Waals surface area contributed by atoms with Gasteiger partial charge in [0.15, 0.2) is 0 Å². The number of hydroxylamine groups is 2. The van der Waals surface area contributed by atoms with Crippen molar-refractivity contribution in [1.29, 1.82) is 0 Å². The molecular formula is C19H23Cl2N3O4. The summed E-state index contributed by atoms with van der Waals surface area (Å²) in [6, 6.07) is 5.11. The molecule has 1 aliphatic rings. The van der Waals surface area contributed by atoms with E-state index >= 15 is 0 Å². The van der Waals surface area contributed by atoms with Crippen molar-refractivity contribution in [1.82, 2.24) is 14.9 Å². The number of hydrogen-bond acceptors (Lipinski definition) is 4. The fourth-order valence-electron chi connectivity index (χ4n) is 2.70. The first-order valence-corrected chi connectivity index (χ1v) is 9.58. The summed E-state index contributed by atoms with van der Waals surface area (Å²) in [6.07, 6.45) is 3.51. The highest BCUT2D eigenvalue weighted by Gasteiger charge is 2.23. The Morgan fingerprint density at radius 2 is 1.96 bits per heavy atom. The zero-order valence-electron chi connectivity index (χ0n) is 15.9. The number of amides is 3. The molecule has 0 aromatic heterocycles. The molecule has 2 rings (SSSR count). The van der Waals surface area contributed by atoms with E-state index in [4.69, 9.17) is 28.0 Å². The second kappa shape index (κ2) is 10.5. The Hall–Kier alpha value is -2.09. The van der Waals surface area contributed by atoms with Gasteiger partial charge in [-0.15, -0.1) is 0 Å². The minimum atomic E-state index is -0.211. The molecule has 1 heterocycles. The van der Waals surface area contributed by atoms with Gasteiger partial charge in [0.25, 0.3) is 0 Å². The lowest BCUT2D eigenvalue weighted by Gasteiger charge is -2.22. The van der Waals surface area contributed by atoms with Gasteiger partial charge in [-0.05, 0) is 23.8 Å². The third-order valence-corrected chi connectivity index (χ3v) is 5.22. The Morgan fingerprint density at radius 3 is 2.64 bits per heavy atom. The molecule has 28 heavy (non-hydrogen) atoms. The van der Waals surface area contributed by atoms with Crippen molar-refractivity contribution in [3.8, 4) is 0 Å². The second-order valence-electron chi connectivity index (χ2n) is 6.29. The van der Waals surface area contributed by atoms with Crippen molar-refractivity contribution >= 4 is 47.0 Å². The Balaban J connectivity index is 1.91. The standard InChI is InChI=1S/C19H23Cl2N3O4/c1-22(28-2)17(25)7-9-24-12-11-23(10-8-19(24)27)18(26)6-4-14-3-5-15(20)16(21)13-14/h3-6,13H,7-12H2,1-2H3. The molecular weight excluding hydrogens is 405 g/mol. The van der Waals surface area contributed by atoms with E-state index in [0.717, 1.165) is 10.6 Å². The minimum absolute atomic E-state index is 0.0726. The van der Waals surface area contributed by atoms with Crippen LogP contribution in [0.2, 0.25) is 10.0 Å². The van der Waals surface area contributed by atoms with E-state index in [1.165, 1.54) is 20.2 Å². The Kier molecular flexibility index (Phi) is 8.29. The van der Waals surface area contributed by atoms with Gasteiger partial charge in [0.05, 0.1) is 17.2 Å². The van der Waals surface area contributed by atoms with Crippen LogP contribution in [0.15, 0.2) is 24.3 Å². The summed E-state index contributed by atoms with van der Waals surface area (Å²) in [5, 5.41) is 2.00. The number of carbonyl (C=O) groups excluding carboxylic acids is 3. The fourth-order valence-corrected chi connectivity index (χ4v) is 3.01. The predicted molar refractivity (Wildman–Crippen MR) is 108 cm³/mol. The second-order valence-corrected chi connectivity index (χ2v) is 7.10. The van der Waals surface area contributed by atoms with Crippen LogP contribution in [0.25, 0.3) is 6.08 Å². The third kappa shape index (κ3) is 6.22. The highest BCUT2D eigenvalue weighted by atomic mass is 35.5. The number of carbonyl (C=O) groups is 3. The van der Waals surface area contributed by atoms with Gasteiger partial charge in [0.1, 0.15) is 0 Å². The maximum atomic E-state index is 12.5. The van der Waals surface area contributed by atoms with Crippen molar-refractivity contribution in [2.45, 2.75) is 12.8 Å². The van der Waals surface area contributed by atoms with E-state index in [1.54, 1.807) is 34.1 Å². The number of benzene rings is 1. The average Bonchev–Trinajstić information content (AvgIpc) is 2.87. The van der Waals surface area contributed by atoms with Crippen LogP contribution in [0, 0.1) is 0 Å². The molecule has 0 bridgehead atoms. The van der Waals surface area contributed by atoms with Crippen LogP contribution < -0.4 is 0 Å². The monoisotopic (exact) mass is 427 g/mol. The maximum Gasteiger partial charge on any atom is 0.247 e. The van der Waals surface area contributed by atoms with E-state index in [9.17, 15) is 14.4 Å². The molecule has 0 radical (unpaired) electrons. The van der Waals surface area contributed by atoms with Crippen LogP contribution >= 0.6 is 23.2 Å². The highest BCUT2D eigenvalue weighted by molar-refractivity contribution is 6.42. The molecule has 0 aliphatic carbocycles. The summed E-state index contributed by atoms with van der Waals surface area (Å²) in [6.45, 7) is 1.43. The summed E-state index contributed by atoms with van der Waals surface area (Å²) in [5.74, 6) is -0.468. The number of nitrogens with zero attached hydrogens (tertiary/aromatic N) is 3. The fraction of sp³-hybridized carbons (Fsp3) is 0.421. The van der Waals surface area contributed by atoms with Crippen molar-refractivity contribution in [2.75, 3.05) is 40.3 Å². The molecule has 9 heteroatoms. The summed E-state index contributed by atoms with van der Waals surface area (Å²) in [5.41, 5.74) is 0.760. The normalized spacial score (nSPS) is 15.1. The minimum Gasteiger partial charge on any atom is -0.340 e. The van der Waals surface area contributed by atoms with E-state index in [0.29, 0.717) is 36.2 Å². The molecule has 1 aliphatic heterocycles. The van der Waals surface area contributed by atoms with E-state index in [-0.39, 0.29) is 30.6 Å². The number of halogens is 2. The lowest BCUT2D eigenvalue weighted by Crippen LogP contribution is -2.37. The van der Waals surface area contributed by atoms with Crippen molar-refractivity contribution in [2.24, 2.45) is 0 Å². The molecule has 0 N–H and O–H groups in total. The Bertz CT molecular complexity index is 770. The topological polar surface area (TPSA) is 70.2 Å². The molecule has 0 spiro atoms. The van der Waals surface area contributed by atoms with Crippen molar-refractivity contribution in [3.63, 3.8) is 0 Å². The third-order valence-electron chi connectivity index (χ3n) is 4.48. The molecule has 1 aromatic rings. The zero-order valence-corrected chi connectivity index (χ0v) is 17.4. The lowest BCUT2D eigenvalue weighted by atomic mass is 10.2. The first kappa shape index (κ1) is 22.2. The smallest absolute Gasteiger partial charge is 0.247 e. The van der Waals surface area contributed by atoms with E-state index in [1.807, 2.05) is 0 Å². The molecule has 0 unspecified atom stereocenters. The van der Waals surface area contributed by atoms with Crippen LogP contribution in [0.1, 0.15) is 18.4 Å². The van der Waals surface area contributed by atoms with Crippen LogP contribution in [0.4, 0.5) is 0 Å². The molecule has 1 aromatic carbocycles. The molecule has 1 fully saturated rings. The van der Waals surface area contributed by atoms with Gasteiger partial charge in [-0.25, -0.2) is 5.06 Å². The van der Waals surface area contributed by atoms with Gasteiger partial charge < -0.3 is 9.80 Å². The van der Waals surface area contributed by atoms with Gasteiger partial charge in [-0.2, -0.15) is 0 Å². The zero-order chi connectivity index (χ0) is 20.7. The van der Waals surface area contributed by atoms with E-state index in [2.05, 4.69) is 0 Å². The van der Waals surface area contributed by atoms with Gasteiger partial charge >= 0.3 is 0 Å². The van der Waals surface area contributed by atoms with Gasteiger partial charge in [-0.1, -0.05) is 29.3 Å². The number of hydrogen-bond donors (Lipinski definition) is 0. The summed E-state index contributed by atoms with van der Waals surface area (Å²) >= 11 is 11.9. The van der Waals surface area contributed by atoms with Crippen LogP contribution in [-0.4, -0.2) is 72.9 Å². The van der Waals surface area contributed by atoms with Crippen LogP contribution in [-0.2, 0) is 19.2 Å². The first-order chi connectivity index (χ1) is 13.3. The summed E-state index contributed by atoms with van der Waals surface area (Å²) in [7, 11) is 2.93. The van der Waals surface area contributed by atoms with Crippen LogP contribution in [0.5, 0.6) is 0 Å². The number of rotatable bonds is 6. The Labute approximate surface area is 174 Å². The van der Waals surface area contributed by atoms with Gasteiger partial charge in [-0.3, -0.25) is 19.2 Å². The molecule has 152 valence electrons. The molecule has 1 saturated heterocycles. The molecule has 7 nitrogen and oxygen atoms in total. The quantitative estimate of drug-likeness (QED) is 0.516. The highest BCUT2D eigenvalue weighted by Crippen LogP contribution is 2.23. The lowest BCUT2D eigenvalue weighted by molar-refractivity contribution is -0.169. The maximum absolute atomic E-state index is 12.5. The summed E-state index contributed by atoms with van der Waals surface area (Å²) in [4.78, 5) is 44.6. The SMILES string of the molecule is CON(C)C(=O)CCN1CCN(C(=O)C=Cc2ccc(Cl)c(Cl)c2)CCC1=O. The van der Waals surface area contributed by atoms with Crippen LogP contribution in [0.3, 0.4) is 0 Å². The molecule has 0 saturated carbocycles. The van der Waals surface area contributed by atoms with Crippen molar-refractivity contribution in [3.05, 3.63) is 39.9 Å². The van der Waals surface area contributed by atoms with E-state index < -0.39 is 0 Å².